The highest BCUT2D eigenvalue weighted by Gasteiger charge is 2.43. The maximum Gasteiger partial charge on any atom is 0.370 e. The van der Waals surface area contributed by atoms with Crippen molar-refractivity contribution in [2.45, 2.75) is 37.4 Å². The van der Waals surface area contributed by atoms with Crippen LogP contribution in [-0.2, 0) is 19.1 Å². The molecule has 1 aliphatic rings. The molecule has 0 fully saturated rings. The van der Waals surface area contributed by atoms with Gasteiger partial charge in [0.2, 0.25) is 11.7 Å². The van der Waals surface area contributed by atoms with E-state index in [2.05, 4.69) is 10.1 Å². The smallest absolute Gasteiger partial charge is 0.370 e. The fourth-order valence-electron chi connectivity index (χ4n) is 2.01. The molecule has 21 heavy (non-hydrogen) atoms. The molecule has 1 heterocycles. The monoisotopic (exact) mass is 305 g/mol. The summed E-state index contributed by atoms with van der Waals surface area (Å²) >= 11 is 0. The van der Waals surface area contributed by atoms with Crippen molar-refractivity contribution in [3.8, 4) is 0 Å². The number of nitrogens with one attached hydrogen (secondary N) is 1. The van der Waals surface area contributed by atoms with E-state index in [4.69, 9.17) is 9.84 Å². The van der Waals surface area contributed by atoms with Crippen LogP contribution in [0.5, 0.6) is 0 Å². The summed E-state index contributed by atoms with van der Waals surface area (Å²) < 4.78 is 9.77. The molecule has 0 saturated heterocycles. The minimum Gasteiger partial charge on any atom is -0.478 e. The van der Waals surface area contributed by atoms with Crippen LogP contribution in [0.25, 0.3) is 0 Å². The Labute approximate surface area is 120 Å². The highest BCUT2D eigenvalue weighted by Crippen LogP contribution is 2.23. The van der Waals surface area contributed by atoms with Crippen molar-refractivity contribution in [1.29, 1.82) is 0 Å². The van der Waals surface area contributed by atoms with Crippen LogP contribution in [0.1, 0.15) is 6.92 Å². The molecule has 5 N–H and O–H groups in total. The Hall–Kier alpha value is -1.68. The first-order valence-electron chi connectivity index (χ1n) is 6.20. The molecule has 1 amide bonds. The molecule has 1 aliphatic heterocycles. The first kappa shape index (κ1) is 17.4. The van der Waals surface area contributed by atoms with Crippen molar-refractivity contribution in [1.82, 2.24) is 5.32 Å². The lowest BCUT2D eigenvalue weighted by atomic mass is 9.94. The van der Waals surface area contributed by atoms with E-state index in [1.165, 1.54) is 14.0 Å². The lowest BCUT2D eigenvalue weighted by Crippen LogP contribution is -2.59. The van der Waals surface area contributed by atoms with Gasteiger partial charge in [0.1, 0.15) is 18.3 Å². The van der Waals surface area contributed by atoms with E-state index in [0.717, 1.165) is 6.08 Å². The minimum atomic E-state index is -1.57. The summed E-state index contributed by atoms with van der Waals surface area (Å²) in [6, 6.07) is -1.10. The number of carboxylic acid groups (broad SMARTS) is 1. The van der Waals surface area contributed by atoms with Crippen LogP contribution in [0, 0.1) is 0 Å². The molecule has 120 valence electrons. The number of hydrogen-bond acceptors (Lipinski definition) is 7. The van der Waals surface area contributed by atoms with Gasteiger partial charge < -0.3 is 35.2 Å². The van der Waals surface area contributed by atoms with Crippen molar-refractivity contribution in [2.24, 2.45) is 0 Å². The summed E-state index contributed by atoms with van der Waals surface area (Å²) in [6.45, 7) is 0.966. The molecule has 0 aromatic rings. The Morgan fingerprint density at radius 3 is 2.57 bits per heavy atom. The molecule has 2 unspecified atom stereocenters. The molecule has 0 spiro atoms. The third-order valence-corrected chi connectivity index (χ3v) is 2.96. The van der Waals surface area contributed by atoms with Crippen LogP contribution >= 0.6 is 0 Å². The molecule has 5 atom stereocenters. The van der Waals surface area contributed by atoms with Crippen molar-refractivity contribution in [2.75, 3.05) is 13.7 Å². The lowest BCUT2D eigenvalue weighted by molar-refractivity contribution is -0.150. The molecule has 0 bridgehead atoms. The molecule has 0 aromatic carbocycles. The van der Waals surface area contributed by atoms with Crippen LogP contribution in [0.4, 0.5) is 0 Å². The summed E-state index contributed by atoms with van der Waals surface area (Å²) in [6.07, 6.45) is -4.76. The maximum atomic E-state index is 11.2. The van der Waals surface area contributed by atoms with Crippen molar-refractivity contribution in [3.63, 3.8) is 0 Å². The Morgan fingerprint density at radius 2 is 2.10 bits per heavy atom. The first-order chi connectivity index (χ1) is 9.77. The number of aliphatic carboxylic acids is 1. The molecule has 1 rings (SSSR count). The zero-order valence-corrected chi connectivity index (χ0v) is 11.6. The van der Waals surface area contributed by atoms with Crippen molar-refractivity contribution in [3.05, 3.63) is 11.8 Å². The topological polar surface area (TPSA) is 146 Å². The second-order valence-corrected chi connectivity index (χ2v) is 4.65. The van der Waals surface area contributed by atoms with E-state index in [1.54, 1.807) is 0 Å². The highest BCUT2D eigenvalue weighted by molar-refractivity contribution is 5.84. The third-order valence-electron chi connectivity index (χ3n) is 2.96. The average molecular weight is 305 g/mol. The van der Waals surface area contributed by atoms with Gasteiger partial charge in [0.15, 0.2) is 6.10 Å². The van der Waals surface area contributed by atoms with Gasteiger partial charge in [-0.25, -0.2) is 4.79 Å². The largest absolute Gasteiger partial charge is 0.478 e. The molecular formula is C12H19NO8. The lowest BCUT2D eigenvalue weighted by Gasteiger charge is -2.38. The molecule has 0 radical (unpaired) electrons. The Morgan fingerprint density at radius 1 is 1.48 bits per heavy atom. The number of amides is 1. The number of rotatable bonds is 6. The van der Waals surface area contributed by atoms with Crippen LogP contribution in [0.2, 0.25) is 0 Å². The van der Waals surface area contributed by atoms with Gasteiger partial charge in [0.05, 0.1) is 12.6 Å². The number of methoxy groups -OCH3 is 1. The van der Waals surface area contributed by atoms with Gasteiger partial charge in [-0.3, -0.25) is 4.79 Å². The first-order valence-corrected chi connectivity index (χ1v) is 6.20. The second-order valence-electron chi connectivity index (χ2n) is 4.65. The van der Waals surface area contributed by atoms with Gasteiger partial charge in [-0.15, -0.1) is 0 Å². The van der Waals surface area contributed by atoms with Gasteiger partial charge in [0.25, 0.3) is 0 Å². The van der Waals surface area contributed by atoms with E-state index in [0.29, 0.717) is 0 Å². The average Bonchev–Trinajstić information content (AvgIpc) is 2.39. The van der Waals surface area contributed by atoms with Gasteiger partial charge in [-0.1, -0.05) is 0 Å². The number of carbonyl (C=O) groups excluding carboxylic acids is 1. The van der Waals surface area contributed by atoms with Gasteiger partial charge in [0, 0.05) is 14.0 Å². The number of ether oxygens (including phenoxy) is 2. The highest BCUT2D eigenvalue weighted by atomic mass is 16.5. The van der Waals surface area contributed by atoms with Crippen LogP contribution < -0.4 is 5.32 Å². The van der Waals surface area contributed by atoms with E-state index < -0.39 is 48.1 Å². The fraction of sp³-hybridized carbons (Fsp3) is 0.667. The normalized spacial score (nSPS) is 28.0. The summed E-state index contributed by atoms with van der Waals surface area (Å²) in [5, 5.41) is 40.9. The predicted molar refractivity (Wildman–Crippen MR) is 68.1 cm³/mol. The van der Waals surface area contributed by atoms with Crippen LogP contribution in [0.15, 0.2) is 11.8 Å². The number of aliphatic hydroxyl groups excluding tert-OH is 3. The van der Waals surface area contributed by atoms with Crippen LogP contribution in [-0.4, -0.2) is 76.5 Å². The molecule has 0 aromatic heterocycles. The van der Waals surface area contributed by atoms with Crippen LogP contribution in [0.3, 0.4) is 0 Å². The number of carboxylic acids is 1. The van der Waals surface area contributed by atoms with Gasteiger partial charge in [-0.2, -0.15) is 0 Å². The quantitative estimate of drug-likeness (QED) is 0.365. The summed E-state index contributed by atoms with van der Waals surface area (Å²) in [7, 11) is 1.31. The predicted octanol–water partition coefficient (Wildman–Crippen LogP) is -2.41. The minimum absolute atomic E-state index is 0.226. The van der Waals surface area contributed by atoms with E-state index in [-0.39, 0.29) is 6.61 Å². The second kappa shape index (κ2) is 7.36. The van der Waals surface area contributed by atoms with E-state index in [1.807, 2.05) is 0 Å². The van der Waals surface area contributed by atoms with Crippen molar-refractivity contribution < 1.29 is 39.5 Å². The summed E-state index contributed by atoms with van der Waals surface area (Å²) in [5.74, 6) is -2.51. The number of carbonyl (C=O) groups is 2. The summed E-state index contributed by atoms with van der Waals surface area (Å²) in [5.41, 5.74) is 0. The molecular weight excluding hydrogens is 286 g/mol. The third kappa shape index (κ3) is 4.39. The fourth-order valence-corrected chi connectivity index (χ4v) is 2.01. The van der Waals surface area contributed by atoms with Gasteiger partial charge in [-0.05, 0) is 6.08 Å². The molecule has 0 aliphatic carbocycles. The summed E-state index contributed by atoms with van der Waals surface area (Å²) in [4.78, 5) is 22.1. The Balaban J connectivity index is 3.01. The van der Waals surface area contributed by atoms with Gasteiger partial charge >= 0.3 is 5.97 Å². The zero-order valence-electron chi connectivity index (χ0n) is 11.6. The van der Waals surface area contributed by atoms with E-state index in [9.17, 15) is 24.9 Å². The van der Waals surface area contributed by atoms with Crippen molar-refractivity contribution >= 4 is 11.9 Å². The Bertz CT molecular complexity index is 423. The maximum absolute atomic E-state index is 11.2. The number of hydrogen-bond donors (Lipinski definition) is 5. The molecule has 9 heteroatoms. The standard InChI is InChI=1S/C12H19NO8/c1-5(14)13-9-6(15)3-8(12(18)19)21-11(9)10(17)7(16)4-20-2/h3,6-7,9-11,15-17H,4H2,1-2H3,(H,13,14)(H,18,19)/t6?,7-,9-,10-,11?/m1/s1. The molecule has 0 saturated carbocycles. The Kier molecular flexibility index (Phi) is 6.09. The van der Waals surface area contributed by atoms with E-state index >= 15 is 0 Å². The SMILES string of the molecule is COC[C@@H](O)[C@@H](O)C1OC(C(=O)O)=CC(O)[C@H]1NC(C)=O. The number of aliphatic hydroxyl groups is 3. The molecule has 9 nitrogen and oxygen atoms in total. The zero-order chi connectivity index (χ0) is 16.2.